The quantitative estimate of drug-likeness (QED) is 0.293. The van der Waals surface area contributed by atoms with Crippen molar-refractivity contribution in [2.45, 2.75) is 0 Å². The highest BCUT2D eigenvalue weighted by Crippen LogP contribution is 2.16. The van der Waals surface area contributed by atoms with Crippen LogP contribution in [0.3, 0.4) is 0 Å². The van der Waals surface area contributed by atoms with Crippen molar-refractivity contribution in [1.82, 2.24) is 9.49 Å². The van der Waals surface area contributed by atoms with Crippen LogP contribution in [0.5, 0.6) is 0 Å². The first-order valence-electron chi connectivity index (χ1n) is 5.03. The Morgan fingerprint density at radius 3 is 1.94 bits per heavy atom. The molecular formula is C12H20IN3. The van der Waals surface area contributed by atoms with Crippen LogP contribution >= 0.6 is 0 Å². The van der Waals surface area contributed by atoms with Crippen molar-refractivity contribution in [3.63, 3.8) is 0 Å². The number of halogens is 1. The van der Waals surface area contributed by atoms with E-state index in [2.05, 4.69) is 50.5 Å². The maximum atomic E-state index is 4.19. The number of quaternary nitrogens is 1. The zero-order chi connectivity index (χ0) is 11.5. The predicted octanol–water partition coefficient (Wildman–Crippen LogP) is -1.22. The second-order valence-electron chi connectivity index (χ2n) is 4.70. The summed E-state index contributed by atoms with van der Waals surface area (Å²) < 4.78 is 0.838. The van der Waals surface area contributed by atoms with Crippen molar-refractivity contribution in [3.05, 3.63) is 29.8 Å². The first kappa shape index (κ1) is 15.4. The highest BCUT2D eigenvalue weighted by molar-refractivity contribution is 5.79. The van der Waals surface area contributed by atoms with E-state index in [0.29, 0.717) is 0 Å². The minimum atomic E-state index is 0. The fourth-order valence-electron chi connectivity index (χ4n) is 1.19. The maximum absolute atomic E-state index is 4.19. The van der Waals surface area contributed by atoms with E-state index in [-0.39, 0.29) is 24.0 Å². The SMILES string of the molecule is CN(C)N=Cc1ccc([N+](C)(C)C)cc1.[I-]. The van der Waals surface area contributed by atoms with Crippen molar-refractivity contribution < 1.29 is 24.0 Å². The van der Waals surface area contributed by atoms with Crippen molar-refractivity contribution in [3.8, 4) is 0 Å². The van der Waals surface area contributed by atoms with Crippen LogP contribution in [-0.2, 0) is 0 Å². The number of hydrogen-bond acceptors (Lipinski definition) is 2. The van der Waals surface area contributed by atoms with E-state index in [9.17, 15) is 0 Å². The molecule has 1 aromatic carbocycles. The van der Waals surface area contributed by atoms with Crippen LogP contribution in [0.4, 0.5) is 5.69 Å². The molecule has 0 spiro atoms. The van der Waals surface area contributed by atoms with Gasteiger partial charge in [0.05, 0.1) is 27.4 Å². The largest absolute Gasteiger partial charge is 1.00 e. The van der Waals surface area contributed by atoms with Crippen molar-refractivity contribution >= 4 is 11.9 Å². The van der Waals surface area contributed by atoms with E-state index in [1.807, 2.05) is 20.3 Å². The van der Waals surface area contributed by atoms with E-state index in [0.717, 1.165) is 10.0 Å². The van der Waals surface area contributed by atoms with E-state index in [4.69, 9.17) is 0 Å². The highest BCUT2D eigenvalue weighted by atomic mass is 127. The summed E-state index contributed by atoms with van der Waals surface area (Å²) in [5.74, 6) is 0. The van der Waals surface area contributed by atoms with E-state index in [1.165, 1.54) is 5.69 Å². The Kier molecular flexibility index (Phi) is 5.96. The van der Waals surface area contributed by atoms with Crippen LogP contribution < -0.4 is 28.5 Å². The normalized spacial score (nSPS) is 11.3. The molecule has 0 aliphatic rings. The summed E-state index contributed by atoms with van der Waals surface area (Å²) in [5, 5.41) is 5.98. The molecule has 90 valence electrons. The van der Waals surface area contributed by atoms with Gasteiger partial charge in [-0.2, -0.15) is 5.10 Å². The van der Waals surface area contributed by atoms with Crippen molar-refractivity contribution in [2.24, 2.45) is 5.10 Å². The van der Waals surface area contributed by atoms with Gasteiger partial charge >= 0.3 is 0 Å². The summed E-state index contributed by atoms with van der Waals surface area (Å²) in [4.78, 5) is 0. The van der Waals surface area contributed by atoms with Gasteiger partial charge in [0, 0.05) is 14.1 Å². The van der Waals surface area contributed by atoms with Crippen LogP contribution in [0.1, 0.15) is 5.56 Å². The Morgan fingerprint density at radius 1 is 1.06 bits per heavy atom. The third-order valence-electron chi connectivity index (χ3n) is 2.11. The Hall–Kier alpha value is -0.620. The average molecular weight is 333 g/mol. The Morgan fingerprint density at radius 2 is 1.56 bits per heavy atom. The van der Waals surface area contributed by atoms with Gasteiger partial charge in [-0.25, -0.2) is 0 Å². The molecule has 0 bridgehead atoms. The molecule has 0 heterocycles. The number of hydrogen-bond donors (Lipinski definition) is 0. The predicted molar refractivity (Wildman–Crippen MR) is 67.3 cm³/mol. The second-order valence-corrected chi connectivity index (χ2v) is 4.70. The topological polar surface area (TPSA) is 15.6 Å². The number of hydrazone groups is 1. The molecule has 0 atom stereocenters. The fourth-order valence-corrected chi connectivity index (χ4v) is 1.19. The summed E-state index contributed by atoms with van der Waals surface area (Å²) in [6, 6.07) is 8.45. The van der Waals surface area contributed by atoms with Crippen molar-refractivity contribution in [2.75, 3.05) is 35.2 Å². The van der Waals surface area contributed by atoms with Gasteiger partial charge in [-0.1, -0.05) is 0 Å². The average Bonchev–Trinajstić information content (AvgIpc) is 2.14. The van der Waals surface area contributed by atoms with Gasteiger partial charge in [0.1, 0.15) is 5.69 Å². The van der Waals surface area contributed by atoms with Crippen LogP contribution in [0.15, 0.2) is 29.4 Å². The Balaban J connectivity index is 0.00000225. The standard InChI is InChI=1S/C12H20N3.HI/c1-14(2)13-10-11-6-8-12(9-7-11)15(3,4)5;/h6-10H,1-5H3;1H/q+1;/p-1. The van der Waals surface area contributed by atoms with Gasteiger partial charge in [0.25, 0.3) is 0 Å². The summed E-state index contributed by atoms with van der Waals surface area (Å²) in [5.41, 5.74) is 2.41. The molecule has 1 aromatic rings. The Bertz CT molecular complexity index is 336. The molecule has 0 radical (unpaired) electrons. The van der Waals surface area contributed by atoms with Gasteiger partial charge in [0.15, 0.2) is 0 Å². The molecule has 1 rings (SSSR count). The molecule has 0 saturated carbocycles. The summed E-state index contributed by atoms with van der Waals surface area (Å²) >= 11 is 0. The monoisotopic (exact) mass is 333 g/mol. The second kappa shape index (κ2) is 6.20. The van der Waals surface area contributed by atoms with Crippen LogP contribution in [-0.4, -0.2) is 46.5 Å². The molecule has 0 amide bonds. The van der Waals surface area contributed by atoms with Crippen LogP contribution in [0.25, 0.3) is 0 Å². The lowest BCUT2D eigenvalue weighted by atomic mass is 10.2. The fraction of sp³-hybridized carbons (Fsp3) is 0.417. The van der Waals surface area contributed by atoms with Crippen LogP contribution in [0.2, 0.25) is 0 Å². The lowest BCUT2D eigenvalue weighted by Gasteiger charge is -2.23. The first-order chi connectivity index (χ1) is 6.89. The number of nitrogens with zero attached hydrogens (tertiary/aromatic N) is 3. The van der Waals surface area contributed by atoms with Gasteiger partial charge in [-0.15, -0.1) is 0 Å². The summed E-state index contributed by atoms with van der Waals surface area (Å²) in [6.45, 7) is 0. The first-order valence-corrected chi connectivity index (χ1v) is 5.03. The molecule has 4 heteroatoms. The van der Waals surface area contributed by atoms with Gasteiger partial charge < -0.3 is 29.0 Å². The molecule has 0 aliphatic heterocycles. The zero-order valence-corrected chi connectivity index (χ0v) is 12.8. The molecule has 16 heavy (non-hydrogen) atoms. The Labute approximate surface area is 115 Å². The molecule has 0 fully saturated rings. The van der Waals surface area contributed by atoms with Crippen molar-refractivity contribution in [1.29, 1.82) is 0 Å². The maximum Gasteiger partial charge on any atom is 0.132 e. The number of rotatable bonds is 3. The third-order valence-corrected chi connectivity index (χ3v) is 2.11. The smallest absolute Gasteiger partial charge is 0.132 e. The van der Waals surface area contributed by atoms with E-state index < -0.39 is 0 Å². The molecule has 0 aliphatic carbocycles. The zero-order valence-electron chi connectivity index (χ0n) is 10.6. The lowest BCUT2D eigenvalue weighted by Crippen LogP contribution is -3.00. The van der Waals surface area contributed by atoms with Crippen LogP contribution in [0, 0.1) is 0 Å². The van der Waals surface area contributed by atoms with Gasteiger partial charge in [-0.05, 0) is 29.8 Å². The lowest BCUT2D eigenvalue weighted by molar-refractivity contribution is -0.00000355. The molecule has 0 saturated heterocycles. The molecule has 0 N–H and O–H groups in total. The van der Waals surface area contributed by atoms with Gasteiger partial charge in [-0.3, -0.25) is 4.48 Å². The number of benzene rings is 1. The van der Waals surface area contributed by atoms with Gasteiger partial charge in [0.2, 0.25) is 0 Å². The molecule has 0 unspecified atom stereocenters. The van der Waals surface area contributed by atoms with E-state index >= 15 is 0 Å². The molecule has 3 nitrogen and oxygen atoms in total. The summed E-state index contributed by atoms with van der Waals surface area (Å²) in [7, 11) is 10.3. The third kappa shape index (κ3) is 4.94. The minimum Gasteiger partial charge on any atom is -1.00 e. The minimum absolute atomic E-state index is 0. The van der Waals surface area contributed by atoms with E-state index in [1.54, 1.807) is 5.01 Å². The molecule has 0 aromatic heterocycles. The summed E-state index contributed by atoms with van der Waals surface area (Å²) in [6.07, 6.45) is 1.86. The highest BCUT2D eigenvalue weighted by Gasteiger charge is 2.10. The molecular weight excluding hydrogens is 313 g/mol.